The third-order valence-corrected chi connectivity index (χ3v) is 3.02. The van der Waals surface area contributed by atoms with Gasteiger partial charge in [-0.1, -0.05) is 43.1 Å². The SMILES string of the molecule is CCCCCc1cc(-c2ccccc2C(=O)O)on1. The van der Waals surface area contributed by atoms with E-state index in [1.54, 1.807) is 24.3 Å². The third kappa shape index (κ3) is 3.22. The standard InChI is InChI=1S/C15H17NO3/c1-2-3-4-7-11-10-14(19-16-11)12-8-5-6-9-13(12)15(17)18/h5-6,8-10H,2-4,7H2,1H3,(H,17,18). The summed E-state index contributed by atoms with van der Waals surface area (Å²) in [7, 11) is 0. The molecule has 0 unspecified atom stereocenters. The molecule has 0 atom stereocenters. The predicted molar refractivity (Wildman–Crippen MR) is 72.1 cm³/mol. The van der Waals surface area contributed by atoms with Crippen LogP contribution in [0, 0.1) is 0 Å². The van der Waals surface area contributed by atoms with E-state index >= 15 is 0 Å². The zero-order valence-corrected chi connectivity index (χ0v) is 10.9. The Kier molecular flexibility index (Phi) is 4.34. The monoisotopic (exact) mass is 259 g/mol. The highest BCUT2D eigenvalue weighted by Crippen LogP contribution is 2.25. The maximum absolute atomic E-state index is 11.2. The number of aromatic nitrogens is 1. The molecule has 4 nitrogen and oxygen atoms in total. The van der Waals surface area contributed by atoms with Crippen LogP contribution in [-0.4, -0.2) is 16.2 Å². The smallest absolute Gasteiger partial charge is 0.336 e. The van der Waals surface area contributed by atoms with Gasteiger partial charge in [0.2, 0.25) is 0 Å². The fraction of sp³-hybridized carbons (Fsp3) is 0.333. The first-order chi connectivity index (χ1) is 9.22. The van der Waals surface area contributed by atoms with Crippen molar-refractivity contribution in [3.63, 3.8) is 0 Å². The largest absolute Gasteiger partial charge is 0.478 e. The molecule has 0 aliphatic heterocycles. The van der Waals surface area contributed by atoms with Crippen molar-refractivity contribution < 1.29 is 14.4 Å². The van der Waals surface area contributed by atoms with Gasteiger partial charge in [-0.25, -0.2) is 4.79 Å². The van der Waals surface area contributed by atoms with Gasteiger partial charge in [0, 0.05) is 11.6 Å². The van der Waals surface area contributed by atoms with E-state index < -0.39 is 5.97 Å². The van der Waals surface area contributed by atoms with Crippen LogP contribution in [0.2, 0.25) is 0 Å². The van der Waals surface area contributed by atoms with Gasteiger partial charge in [0.15, 0.2) is 5.76 Å². The van der Waals surface area contributed by atoms with E-state index in [4.69, 9.17) is 9.63 Å². The molecule has 0 saturated heterocycles. The van der Waals surface area contributed by atoms with Crippen molar-refractivity contribution in [2.75, 3.05) is 0 Å². The summed E-state index contributed by atoms with van der Waals surface area (Å²) in [4.78, 5) is 11.2. The minimum Gasteiger partial charge on any atom is -0.478 e. The molecule has 19 heavy (non-hydrogen) atoms. The minimum atomic E-state index is -0.959. The molecule has 4 heteroatoms. The van der Waals surface area contributed by atoms with Gasteiger partial charge in [0.05, 0.1) is 11.3 Å². The van der Waals surface area contributed by atoms with E-state index in [-0.39, 0.29) is 5.56 Å². The number of carboxylic acid groups (broad SMARTS) is 1. The Morgan fingerprint density at radius 1 is 1.32 bits per heavy atom. The quantitative estimate of drug-likeness (QED) is 0.802. The van der Waals surface area contributed by atoms with Crippen molar-refractivity contribution in [1.29, 1.82) is 0 Å². The van der Waals surface area contributed by atoms with E-state index in [2.05, 4.69) is 12.1 Å². The molecule has 1 aromatic heterocycles. The molecule has 0 radical (unpaired) electrons. The number of aromatic carboxylic acids is 1. The number of benzene rings is 1. The maximum atomic E-state index is 11.2. The predicted octanol–water partition coefficient (Wildman–Crippen LogP) is 3.77. The lowest BCUT2D eigenvalue weighted by molar-refractivity contribution is 0.0697. The first-order valence-corrected chi connectivity index (χ1v) is 6.50. The van der Waals surface area contributed by atoms with Crippen molar-refractivity contribution in [1.82, 2.24) is 5.16 Å². The van der Waals surface area contributed by atoms with Crippen molar-refractivity contribution in [2.45, 2.75) is 32.6 Å². The number of rotatable bonds is 6. The number of carboxylic acids is 1. The van der Waals surface area contributed by atoms with Gasteiger partial charge in [-0.2, -0.15) is 0 Å². The van der Waals surface area contributed by atoms with Crippen LogP contribution < -0.4 is 0 Å². The average Bonchev–Trinajstić information content (AvgIpc) is 2.88. The zero-order valence-electron chi connectivity index (χ0n) is 10.9. The van der Waals surface area contributed by atoms with Crippen LogP contribution in [-0.2, 0) is 6.42 Å². The topological polar surface area (TPSA) is 63.3 Å². The van der Waals surface area contributed by atoms with Crippen LogP contribution in [0.1, 0.15) is 42.2 Å². The van der Waals surface area contributed by atoms with Crippen molar-refractivity contribution in [3.8, 4) is 11.3 Å². The van der Waals surface area contributed by atoms with Crippen molar-refractivity contribution >= 4 is 5.97 Å². The second-order valence-electron chi connectivity index (χ2n) is 4.49. The molecule has 0 aliphatic carbocycles. The summed E-state index contributed by atoms with van der Waals surface area (Å²) in [6.07, 6.45) is 4.26. The summed E-state index contributed by atoms with van der Waals surface area (Å²) in [5, 5.41) is 13.1. The molecular formula is C15H17NO3. The zero-order chi connectivity index (χ0) is 13.7. The Labute approximate surface area is 112 Å². The van der Waals surface area contributed by atoms with Gasteiger partial charge in [-0.05, 0) is 18.9 Å². The minimum absolute atomic E-state index is 0.235. The average molecular weight is 259 g/mol. The number of nitrogens with zero attached hydrogens (tertiary/aromatic N) is 1. The highest BCUT2D eigenvalue weighted by Gasteiger charge is 2.14. The van der Waals surface area contributed by atoms with Crippen LogP contribution in [0.4, 0.5) is 0 Å². The summed E-state index contributed by atoms with van der Waals surface area (Å²) in [6.45, 7) is 2.15. The number of hydrogen-bond donors (Lipinski definition) is 1. The van der Waals surface area contributed by atoms with Crippen LogP contribution in [0.5, 0.6) is 0 Å². The summed E-state index contributed by atoms with van der Waals surface area (Å²) in [5.74, 6) is -0.441. The molecule has 0 fully saturated rings. The lowest BCUT2D eigenvalue weighted by atomic mass is 10.0. The Hall–Kier alpha value is -2.10. The van der Waals surface area contributed by atoms with E-state index in [0.717, 1.165) is 31.4 Å². The summed E-state index contributed by atoms with van der Waals surface area (Å²) >= 11 is 0. The first kappa shape index (κ1) is 13.3. The first-order valence-electron chi connectivity index (χ1n) is 6.50. The van der Waals surface area contributed by atoms with Crippen LogP contribution >= 0.6 is 0 Å². The van der Waals surface area contributed by atoms with E-state index in [1.807, 2.05) is 6.07 Å². The molecule has 0 aliphatic rings. The lowest BCUT2D eigenvalue weighted by Gasteiger charge is -2.00. The van der Waals surface area contributed by atoms with Crippen LogP contribution in [0.15, 0.2) is 34.9 Å². The normalized spacial score (nSPS) is 10.6. The van der Waals surface area contributed by atoms with Gasteiger partial charge in [-0.15, -0.1) is 0 Å². The maximum Gasteiger partial charge on any atom is 0.336 e. The van der Waals surface area contributed by atoms with Crippen molar-refractivity contribution in [2.24, 2.45) is 0 Å². The van der Waals surface area contributed by atoms with E-state index in [9.17, 15) is 4.79 Å². The summed E-state index contributed by atoms with van der Waals surface area (Å²) < 4.78 is 5.26. The third-order valence-electron chi connectivity index (χ3n) is 3.02. The lowest BCUT2D eigenvalue weighted by Crippen LogP contribution is -1.98. The molecule has 1 heterocycles. The molecule has 100 valence electrons. The number of carbonyl (C=O) groups is 1. The second-order valence-corrected chi connectivity index (χ2v) is 4.49. The number of hydrogen-bond acceptors (Lipinski definition) is 3. The Balaban J connectivity index is 2.21. The van der Waals surface area contributed by atoms with Gasteiger partial charge < -0.3 is 9.63 Å². The van der Waals surface area contributed by atoms with E-state index in [0.29, 0.717) is 11.3 Å². The molecule has 0 saturated carbocycles. The van der Waals surface area contributed by atoms with Crippen molar-refractivity contribution in [3.05, 3.63) is 41.6 Å². The van der Waals surface area contributed by atoms with E-state index in [1.165, 1.54) is 0 Å². The molecule has 0 bridgehead atoms. The van der Waals surface area contributed by atoms with Gasteiger partial charge in [0.25, 0.3) is 0 Å². The van der Waals surface area contributed by atoms with Crippen LogP contribution in [0.3, 0.4) is 0 Å². The fourth-order valence-corrected chi connectivity index (χ4v) is 2.00. The number of aryl methyl sites for hydroxylation is 1. The molecular weight excluding hydrogens is 242 g/mol. The van der Waals surface area contributed by atoms with Gasteiger partial charge in [0.1, 0.15) is 0 Å². The van der Waals surface area contributed by atoms with Crippen LogP contribution in [0.25, 0.3) is 11.3 Å². The summed E-state index contributed by atoms with van der Waals surface area (Å²) in [6, 6.07) is 8.63. The Bertz CT molecular complexity index is 560. The highest BCUT2D eigenvalue weighted by molar-refractivity contribution is 5.95. The molecule has 2 rings (SSSR count). The molecule has 0 spiro atoms. The Morgan fingerprint density at radius 3 is 2.84 bits per heavy atom. The Morgan fingerprint density at radius 2 is 2.11 bits per heavy atom. The second kappa shape index (κ2) is 6.18. The molecule has 1 aromatic carbocycles. The van der Waals surface area contributed by atoms with Gasteiger partial charge in [-0.3, -0.25) is 0 Å². The fourth-order valence-electron chi connectivity index (χ4n) is 2.00. The van der Waals surface area contributed by atoms with Gasteiger partial charge >= 0.3 is 5.97 Å². The molecule has 0 amide bonds. The highest BCUT2D eigenvalue weighted by atomic mass is 16.5. The molecule has 2 aromatic rings. The molecule has 1 N–H and O–H groups in total. The summed E-state index contributed by atoms with van der Waals surface area (Å²) in [5.41, 5.74) is 1.69. The number of unbranched alkanes of at least 4 members (excludes halogenated alkanes) is 2.